The van der Waals surface area contributed by atoms with Gasteiger partial charge in [0.1, 0.15) is 0 Å². The number of carbonyl (C=O) groups is 1. The largest absolute Gasteiger partial charge is 0.272 e. The zero-order chi connectivity index (χ0) is 24.0. The minimum Gasteiger partial charge on any atom is -0.272 e. The third-order valence-electron chi connectivity index (χ3n) is 4.63. The number of aryl methyl sites for hydroxylation is 1. The molecule has 3 aromatic carbocycles. The molecular weight excluding hydrogens is 505 g/mol. The first-order valence-corrected chi connectivity index (χ1v) is 12.3. The summed E-state index contributed by atoms with van der Waals surface area (Å²) in [6, 6.07) is 18.1. The summed E-state index contributed by atoms with van der Waals surface area (Å²) in [6.45, 7) is 1.16. The second-order valence-electron chi connectivity index (χ2n) is 7.13. The lowest BCUT2D eigenvalue weighted by molar-refractivity contribution is -0.121. The Morgan fingerprint density at radius 1 is 1.00 bits per heavy atom. The number of amides is 1. The molecule has 1 amide bonds. The fourth-order valence-corrected chi connectivity index (χ4v) is 4.99. The minimum atomic E-state index is -4.04. The maximum Gasteiger partial charge on any atom is 0.255 e. The van der Waals surface area contributed by atoms with Gasteiger partial charge in [-0.1, -0.05) is 70.7 Å². The summed E-state index contributed by atoms with van der Waals surface area (Å²) < 4.78 is 27.7. The lowest BCUT2D eigenvalue weighted by Gasteiger charge is -2.22. The molecule has 0 atom stereocenters. The molecule has 0 saturated heterocycles. The van der Waals surface area contributed by atoms with E-state index in [1.807, 2.05) is 6.92 Å². The van der Waals surface area contributed by atoms with Crippen LogP contribution in [0.2, 0.25) is 15.1 Å². The molecule has 0 aliphatic heterocycles. The molecular formula is C23H20Cl3N3O3S. The molecule has 0 aromatic heterocycles. The van der Waals surface area contributed by atoms with Crippen LogP contribution in [0.15, 0.2) is 76.7 Å². The number of halogens is 3. The molecule has 0 spiro atoms. The number of hydrazone groups is 1. The molecule has 0 unspecified atom stereocenters. The highest BCUT2D eigenvalue weighted by atomic mass is 35.5. The lowest BCUT2D eigenvalue weighted by Crippen LogP contribution is -2.39. The van der Waals surface area contributed by atoms with Crippen LogP contribution in [0.25, 0.3) is 0 Å². The fraction of sp³-hybridized carbons (Fsp3) is 0.130. The molecule has 1 N–H and O–H groups in total. The van der Waals surface area contributed by atoms with Crippen LogP contribution in [0.4, 0.5) is 0 Å². The Kier molecular flexibility index (Phi) is 8.51. The van der Waals surface area contributed by atoms with Gasteiger partial charge in [0, 0.05) is 27.2 Å². The van der Waals surface area contributed by atoms with Crippen LogP contribution in [-0.2, 0) is 21.4 Å². The van der Waals surface area contributed by atoms with E-state index < -0.39 is 22.5 Å². The molecule has 0 aliphatic carbocycles. The molecule has 33 heavy (non-hydrogen) atoms. The van der Waals surface area contributed by atoms with Gasteiger partial charge in [0.2, 0.25) is 10.0 Å². The van der Waals surface area contributed by atoms with Crippen molar-refractivity contribution in [2.75, 3.05) is 6.54 Å². The van der Waals surface area contributed by atoms with Gasteiger partial charge < -0.3 is 0 Å². The van der Waals surface area contributed by atoms with Crippen molar-refractivity contribution >= 4 is 56.9 Å². The van der Waals surface area contributed by atoms with Crippen LogP contribution < -0.4 is 5.43 Å². The maximum absolute atomic E-state index is 13.3. The summed E-state index contributed by atoms with van der Waals surface area (Å²) in [6.07, 6.45) is 1.41. The van der Waals surface area contributed by atoms with Crippen LogP contribution in [0.1, 0.15) is 16.7 Å². The van der Waals surface area contributed by atoms with Crippen molar-refractivity contribution in [3.63, 3.8) is 0 Å². The van der Waals surface area contributed by atoms with E-state index in [0.717, 1.165) is 9.87 Å². The van der Waals surface area contributed by atoms with E-state index in [-0.39, 0.29) is 11.4 Å². The first-order valence-electron chi connectivity index (χ1n) is 9.74. The number of hydrogen-bond donors (Lipinski definition) is 1. The standard InChI is InChI=1S/C23H20Cl3N3O3S/c1-16-8-10-19(11-9-16)33(31,32)29(14-20-21(25)6-3-7-22(20)26)15-23(30)28-27-13-17-4-2-5-18(24)12-17/h2-13H,14-15H2,1H3,(H,28,30)/b27-13-. The monoisotopic (exact) mass is 523 g/mol. The normalized spacial score (nSPS) is 11.8. The Hall–Kier alpha value is -2.42. The van der Waals surface area contributed by atoms with Crippen molar-refractivity contribution in [3.05, 3.63) is 98.5 Å². The molecule has 0 fully saturated rings. The predicted octanol–water partition coefficient (Wildman–Crippen LogP) is 5.30. The van der Waals surface area contributed by atoms with E-state index in [0.29, 0.717) is 26.2 Å². The average Bonchev–Trinajstić information content (AvgIpc) is 2.76. The van der Waals surface area contributed by atoms with Crippen LogP contribution >= 0.6 is 34.8 Å². The van der Waals surface area contributed by atoms with Gasteiger partial charge in [-0.05, 0) is 48.9 Å². The number of hydrogen-bond acceptors (Lipinski definition) is 4. The lowest BCUT2D eigenvalue weighted by atomic mass is 10.2. The number of nitrogens with one attached hydrogen (secondary N) is 1. The van der Waals surface area contributed by atoms with E-state index in [1.54, 1.807) is 54.6 Å². The number of benzene rings is 3. The van der Waals surface area contributed by atoms with Crippen LogP contribution in [-0.4, -0.2) is 31.4 Å². The van der Waals surface area contributed by atoms with Crippen LogP contribution in [0, 0.1) is 6.92 Å². The molecule has 3 rings (SSSR count). The molecule has 6 nitrogen and oxygen atoms in total. The number of carbonyl (C=O) groups excluding carboxylic acids is 1. The first-order chi connectivity index (χ1) is 15.7. The van der Waals surface area contributed by atoms with Gasteiger partial charge in [0.05, 0.1) is 17.7 Å². The molecule has 10 heteroatoms. The van der Waals surface area contributed by atoms with Gasteiger partial charge >= 0.3 is 0 Å². The van der Waals surface area contributed by atoms with Gasteiger partial charge in [0.15, 0.2) is 0 Å². The summed E-state index contributed by atoms with van der Waals surface area (Å²) in [7, 11) is -4.04. The number of nitrogens with zero attached hydrogens (tertiary/aromatic N) is 2. The van der Waals surface area contributed by atoms with E-state index in [1.165, 1.54) is 18.3 Å². The summed E-state index contributed by atoms with van der Waals surface area (Å²) in [5, 5.41) is 5.01. The zero-order valence-corrected chi connectivity index (χ0v) is 20.6. The summed E-state index contributed by atoms with van der Waals surface area (Å²) in [4.78, 5) is 12.6. The summed E-state index contributed by atoms with van der Waals surface area (Å²) >= 11 is 18.4. The van der Waals surface area contributed by atoms with E-state index in [4.69, 9.17) is 34.8 Å². The van der Waals surface area contributed by atoms with E-state index >= 15 is 0 Å². The highest BCUT2D eigenvalue weighted by molar-refractivity contribution is 7.89. The van der Waals surface area contributed by atoms with E-state index in [2.05, 4.69) is 10.5 Å². The van der Waals surface area contributed by atoms with Crippen molar-refractivity contribution in [1.82, 2.24) is 9.73 Å². The Balaban J connectivity index is 1.84. The highest BCUT2D eigenvalue weighted by Gasteiger charge is 2.28. The Morgan fingerprint density at radius 3 is 2.27 bits per heavy atom. The Labute approximate surface area is 207 Å². The second-order valence-corrected chi connectivity index (χ2v) is 10.3. The predicted molar refractivity (Wildman–Crippen MR) is 132 cm³/mol. The molecule has 0 radical (unpaired) electrons. The van der Waals surface area contributed by atoms with Crippen molar-refractivity contribution < 1.29 is 13.2 Å². The van der Waals surface area contributed by atoms with Gasteiger partial charge in [-0.3, -0.25) is 4.79 Å². The average molecular weight is 525 g/mol. The highest BCUT2D eigenvalue weighted by Crippen LogP contribution is 2.28. The maximum atomic E-state index is 13.3. The molecule has 0 aliphatic rings. The van der Waals surface area contributed by atoms with E-state index in [9.17, 15) is 13.2 Å². The molecule has 0 saturated carbocycles. The topological polar surface area (TPSA) is 78.8 Å². The van der Waals surface area contributed by atoms with Gasteiger partial charge in [-0.25, -0.2) is 13.8 Å². The van der Waals surface area contributed by atoms with Gasteiger partial charge in [-0.15, -0.1) is 0 Å². The van der Waals surface area contributed by atoms with Crippen LogP contribution in [0.5, 0.6) is 0 Å². The second kappa shape index (κ2) is 11.1. The van der Waals surface area contributed by atoms with Crippen molar-refractivity contribution in [1.29, 1.82) is 0 Å². The Morgan fingerprint density at radius 2 is 1.64 bits per heavy atom. The minimum absolute atomic E-state index is 0.0477. The number of sulfonamides is 1. The van der Waals surface area contributed by atoms with Crippen LogP contribution in [0.3, 0.4) is 0 Å². The third-order valence-corrected chi connectivity index (χ3v) is 7.38. The molecule has 172 valence electrons. The third kappa shape index (κ3) is 6.79. The fourth-order valence-electron chi connectivity index (χ4n) is 2.91. The number of rotatable bonds is 8. The van der Waals surface area contributed by atoms with Gasteiger partial charge in [0.25, 0.3) is 5.91 Å². The molecule has 0 heterocycles. The quantitative estimate of drug-likeness (QED) is 0.321. The van der Waals surface area contributed by atoms with Crippen molar-refractivity contribution in [3.8, 4) is 0 Å². The Bertz CT molecular complexity index is 1260. The zero-order valence-electron chi connectivity index (χ0n) is 17.5. The SMILES string of the molecule is Cc1ccc(S(=O)(=O)N(CC(=O)N/N=C\c2cccc(Cl)c2)Cc2c(Cl)cccc2Cl)cc1. The molecule has 3 aromatic rings. The summed E-state index contributed by atoms with van der Waals surface area (Å²) in [5.74, 6) is -0.632. The summed E-state index contributed by atoms with van der Waals surface area (Å²) in [5.41, 5.74) is 4.32. The van der Waals surface area contributed by atoms with Crippen molar-refractivity contribution in [2.24, 2.45) is 5.10 Å². The smallest absolute Gasteiger partial charge is 0.255 e. The first kappa shape index (κ1) is 25.2. The van der Waals surface area contributed by atoms with Gasteiger partial charge in [-0.2, -0.15) is 9.41 Å². The molecule has 0 bridgehead atoms. The van der Waals surface area contributed by atoms with Crippen molar-refractivity contribution in [2.45, 2.75) is 18.4 Å².